The first-order valence-corrected chi connectivity index (χ1v) is 6.84. The molecular formula is C14H28N2O2. The van der Waals surface area contributed by atoms with Crippen LogP contribution in [-0.2, 0) is 9.53 Å². The lowest BCUT2D eigenvalue weighted by molar-refractivity contribution is -0.161. The molecule has 0 aromatic carbocycles. The Hall–Kier alpha value is -0.610. The highest BCUT2D eigenvalue weighted by molar-refractivity contribution is 5.75. The third-order valence-electron chi connectivity index (χ3n) is 3.53. The first kappa shape index (κ1) is 15.4. The van der Waals surface area contributed by atoms with Crippen LogP contribution in [0.15, 0.2) is 0 Å². The summed E-state index contributed by atoms with van der Waals surface area (Å²) in [7, 11) is 4.16. The molecule has 4 nitrogen and oxygen atoms in total. The standard InChI is InChI=1S/C14H28N2O2/c1-11(13(17)18-14(2,3)4)16(6)12-8-7-9-15(5)10-12/h11-12H,7-10H2,1-6H3. The Morgan fingerprint density at radius 3 is 2.56 bits per heavy atom. The number of likely N-dealkylation sites (N-methyl/N-ethyl adjacent to an activating group) is 2. The van der Waals surface area contributed by atoms with Crippen molar-refractivity contribution in [2.75, 3.05) is 27.2 Å². The number of likely N-dealkylation sites (tertiary alicyclic amines) is 1. The van der Waals surface area contributed by atoms with Crippen LogP contribution in [0.3, 0.4) is 0 Å². The fraction of sp³-hybridized carbons (Fsp3) is 0.929. The highest BCUT2D eigenvalue weighted by Crippen LogP contribution is 2.17. The minimum atomic E-state index is -0.407. The Bertz CT molecular complexity index is 286. The molecule has 4 heteroatoms. The summed E-state index contributed by atoms with van der Waals surface area (Å²) in [5.74, 6) is -0.127. The Kier molecular flexibility index (Phi) is 5.17. The van der Waals surface area contributed by atoms with Gasteiger partial charge in [0.1, 0.15) is 11.6 Å². The Morgan fingerprint density at radius 2 is 2.06 bits per heavy atom. The molecule has 18 heavy (non-hydrogen) atoms. The average Bonchev–Trinajstić information content (AvgIpc) is 2.24. The Morgan fingerprint density at radius 1 is 1.44 bits per heavy atom. The van der Waals surface area contributed by atoms with Crippen LogP contribution in [0, 0.1) is 0 Å². The van der Waals surface area contributed by atoms with E-state index in [-0.39, 0.29) is 12.0 Å². The van der Waals surface area contributed by atoms with Crippen molar-refractivity contribution in [3.63, 3.8) is 0 Å². The Labute approximate surface area is 111 Å². The number of rotatable bonds is 3. The van der Waals surface area contributed by atoms with E-state index in [2.05, 4.69) is 16.8 Å². The van der Waals surface area contributed by atoms with Crippen molar-refractivity contribution < 1.29 is 9.53 Å². The van der Waals surface area contributed by atoms with Gasteiger partial charge in [-0.25, -0.2) is 0 Å². The number of hydrogen-bond donors (Lipinski definition) is 0. The molecule has 0 aromatic rings. The molecular weight excluding hydrogens is 228 g/mol. The average molecular weight is 256 g/mol. The van der Waals surface area contributed by atoms with E-state index in [9.17, 15) is 4.79 Å². The number of carbonyl (C=O) groups is 1. The van der Waals surface area contributed by atoms with Crippen LogP contribution in [0.4, 0.5) is 0 Å². The normalized spacial score (nSPS) is 24.1. The van der Waals surface area contributed by atoms with Crippen LogP contribution in [0.25, 0.3) is 0 Å². The molecule has 0 spiro atoms. The molecule has 1 aliphatic heterocycles. The van der Waals surface area contributed by atoms with Crippen LogP contribution < -0.4 is 0 Å². The van der Waals surface area contributed by atoms with Gasteiger partial charge in [-0.2, -0.15) is 0 Å². The van der Waals surface area contributed by atoms with Crippen LogP contribution in [0.1, 0.15) is 40.5 Å². The van der Waals surface area contributed by atoms with E-state index in [1.807, 2.05) is 34.7 Å². The predicted molar refractivity (Wildman–Crippen MR) is 73.6 cm³/mol. The van der Waals surface area contributed by atoms with Crippen molar-refractivity contribution >= 4 is 5.97 Å². The maximum absolute atomic E-state index is 12.0. The number of esters is 1. The SMILES string of the molecule is CC(C(=O)OC(C)(C)C)N(C)C1CCCN(C)C1. The maximum atomic E-state index is 12.0. The topological polar surface area (TPSA) is 32.8 Å². The van der Waals surface area contributed by atoms with Gasteiger partial charge in [0, 0.05) is 12.6 Å². The highest BCUT2D eigenvalue weighted by atomic mass is 16.6. The second-order valence-electron chi connectivity index (χ2n) is 6.43. The molecule has 1 heterocycles. The first-order valence-electron chi connectivity index (χ1n) is 6.84. The molecule has 0 N–H and O–H groups in total. The zero-order chi connectivity index (χ0) is 13.9. The lowest BCUT2D eigenvalue weighted by atomic mass is 10.0. The van der Waals surface area contributed by atoms with Crippen LogP contribution in [-0.4, -0.2) is 60.6 Å². The minimum absolute atomic E-state index is 0.127. The molecule has 0 aromatic heterocycles. The predicted octanol–water partition coefficient (Wildman–Crippen LogP) is 1.74. The first-order chi connectivity index (χ1) is 8.20. The third kappa shape index (κ3) is 4.58. The van der Waals surface area contributed by atoms with Crippen molar-refractivity contribution in [3.8, 4) is 0 Å². The summed E-state index contributed by atoms with van der Waals surface area (Å²) in [5.41, 5.74) is -0.407. The molecule has 1 fully saturated rings. The molecule has 0 bridgehead atoms. The number of carbonyl (C=O) groups excluding carboxylic acids is 1. The molecule has 0 saturated carbocycles. The summed E-state index contributed by atoms with van der Waals surface area (Å²) in [6, 6.07) is 0.270. The lowest BCUT2D eigenvalue weighted by Crippen LogP contribution is -2.51. The van der Waals surface area contributed by atoms with Crippen molar-refractivity contribution in [1.82, 2.24) is 9.80 Å². The fourth-order valence-corrected chi connectivity index (χ4v) is 2.34. The van der Waals surface area contributed by atoms with E-state index in [4.69, 9.17) is 4.74 Å². The Balaban J connectivity index is 2.54. The van der Waals surface area contributed by atoms with Crippen LogP contribution >= 0.6 is 0 Å². The summed E-state index contributed by atoms with van der Waals surface area (Å²) in [4.78, 5) is 16.5. The van der Waals surface area contributed by atoms with Gasteiger partial charge in [-0.15, -0.1) is 0 Å². The lowest BCUT2D eigenvalue weighted by Gasteiger charge is -2.38. The van der Waals surface area contributed by atoms with Crippen molar-refractivity contribution in [2.24, 2.45) is 0 Å². The summed E-state index contributed by atoms with van der Waals surface area (Å²) < 4.78 is 5.44. The maximum Gasteiger partial charge on any atom is 0.323 e. The number of piperidine rings is 1. The van der Waals surface area contributed by atoms with Crippen LogP contribution in [0.5, 0.6) is 0 Å². The van der Waals surface area contributed by atoms with Crippen LogP contribution in [0.2, 0.25) is 0 Å². The fourth-order valence-electron chi connectivity index (χ4n) is 2.34. The molecule has 0 aliphatic carbocycles. The molecule has 1 saturated heterocycles. The zero-order valence-electron chi connectivity index (χ0n) is 12.7. The van der Waals surface area contributed by atoms with Gasteiger partial charge in [0.05, 0.1) is 0 Å². The highest BCUT2D eigenvalue weighted by Gasteiger charge is 2.30. The second kappa shape index (κ2) is 6.02. The molecule has 1 rings (SSSR count). The zero-order valence-corrected chi connectivity index (χ0v) is 12.7. The molecule has 0 amide bonds. The van der Waals surface area contributed by atoms with Gasteiger partial charge in [-0.1, -0.05) is 0 Å². The van der Waals surface area contributed by atoms with E-state index in [0.29, 0.717) is 6.04 Å². The van der Waals surface area contributed by atoms with Gasteiger partial charge in [-0.3, -0.25) is 9.69 Å². The van der Waals surface area contributed by atoms with E-state index < -0.39 is 5.60 Å². The largest absolute Gasteiger partial charge is 0.459 e. The third-order valence-corrected chi connectivity index (χ3v) is 3.53. The van der Waals surface area contributed by atoms with Crippen molar-refractivity contribution in [2.45, 2.75) is 58.2 Å². The van der Waals surface area contributed by atoms with E-state index >= 15 is 0 Å². The molecule has 1 aliphatic rings. The molecule has 2 unspecified atom stereocenters. The smallest absolute Gasteiger partial charge is 0.323 e. The van der Waals surface area contributed by atoms with E-state index in [0.717, 1.165) is 19.5 Å². The van der Waals surface area contributed by atoms with Gasteiger partial charge < -0.3 is 9.64 Å². The van der Waals surface area contributed by atoms with E-state index in [1.54, 1.807) is 0 Å². The summed E-state index contributed by atoms with van der Waals surface area (Å²) in [6.07, 6.45) is 2.36. The summed E-state index contributed by atoms with van der Waals surface area (Å²) in [5, 5.41) is 0. The number of nitrogens with zero attached hydrogens (tertiary/aromatic N) is 2. The molecule has 0 radical (unpaired) electrons. The number of ether oxygens (including phenoxy) is 1. The van der Waals surface area contributed by atoms with Gasteiger partial charge >= 0.3 is 5.97 Å². The minimum Gasteiger partial charge on any atom is -0.459 e. The second-order valence-corrected chi connectivity index (χ2v) is 6.43. The van der Waals surface area contributed by atoms with Gasteiger partial charge in [0.25, 0.3) is 0 Å². The summed E-state index contributed by atoms with van der Waals surface area (Å²) in [6.45, 7) is 9.85. The van der Waals surface area contributed by atoms with Crippen molar-refractivity contribution in [1.29, 1.82) is 0 Å². The molecule has 106 valence electrons. The summed E-state index contributed by atoms with van der Waals surface area (Å²) >= 11 is 0. The monoisotopic (exact) mass is 256 g/mol. The van der Waals surface area contributed by atoms with Gasteiger partial charge in [0.15, 0.2) is 0 Å². The van der Waals surface area contributed by atoms with E-state index in [1.165, 1.54) is 6.42 Å². The van der Waals surface area contributed by atoms with Gasteiger partial charge in [0.2, 0.25) is 0 Å². The molecule has 2 atom stereocenters. The quantitative estimate of drug-likeness (QED) is 0.720. The van der Waals surface area contributed by atoms with Crippen molar-refractivity contribution in [3.05, 3.63) is 0 Å². The number of hydrogen-bond acceptors (Lipinski definition) is 4. The van der Waals surface area contributed by atoms with Gasteiger partial charge in [-0.05, 0) is 61.2 Å².